The predicted molar refractivity (Wildman–Crippen MR) is 67.8 cm³/mol. The van der Waals surface area contributed by atoms with Crippen molar-refractivity contribution in [2.45, 2.75) is 31.4 Å². The molecule has 18 heavy (non-hydrogen) atoms. The number of benzene rings is 1. The van der Waals surface area contributed by atoms with Crippen molar-refractivity contribution in [3.8, 4) is 0 Å². The van der Waals surface area contributed by atoms with Crippen molar-refractivity contribution >= 4 is 17.0 Å². The van der Waals surface area contributed by atoms with Crippen LogP contribution in [0.2, 0.25) is 0 Å². The van der Waals surface area contributed by atoms with Crippen molar-refractivity contribution in [2.75, 3.05) is 12.8 Å². The van der Waals surface area contributed by atoms with Gasteiger partial charge in [0, 0.05) is 19.2 Å². The SMILES string of the molecule is COC1CCC(n2c(N)nc3cc(F)ccc32)C1. The number of nitrogen functional groups attached to an aromatic ring is 1. The van der Waals surface area contributed by atoms with Crippen LogP contribution >= 0.6 is 0 Å². The zero-order chi connectivity index (χ0) is 12.7. The predicted octanol–water partition coefficient (Wildman–Crippen LogP) is 2.50. The fraction of sp³-hybridized carbons (Fsp3) is 0.462. The average Bonchev–Trinajstić information content (AvgIpc) is 2.91. The maximum atomic E-state index is 13.2. The number of rotatable bonds is 2. The minimum absolute atomic E-state index is 0.284. The zero-order valence-corrected chi connectivity index (χ0v) is 10.3. The number of nitrogens with two attached hydrogens (primary N) is 1. The van der Waals surface area contributed by atoms with Crippen molar-refractivity contribution in [1.29, 1.82) is 0 Å². The molecule has 0 bridgehead atoms. The molecule has 96 valence electrons. The molecule has 0 spiro atoms. The number of halogens is 1. The number of ether oxygens (including phenoxy) is 1. The Balaban J connectivity index is 2.04. The van der Waals surface area contributed by atoms with E-state index in [1.54, 1.807) is 13.2 Å². The molecule has 0 saturated heterocycles. The number of methoxy groups -OCH3 is 1. The number of hydrogen-bond acceptors (Lipinski definition) is 3. The number of imidazole rings is 1. The lowest BCUT2D eigenvalue weighted by molar-refractivity contribution is 0.106. The Kier molecular flexibility index (Phi) is 2.70. The summed E-state index contributed by atoms with van der Waals surface area (Å²) in [7, 11) is 1.73. The largest absolute Gasteiger partial charge is 0.381 e. The van der Waals surface area contributed by atoms with Crippen LogP contribution in [0.3, 0.4) is 0 Å². The third-order valence-electron chi connectivity index (χ3n) is 3.73. The summed E-state index contributed by atoms with van der Waals surface area (Å²) >= 11 is 0. The Morgan fingerprint density at radius 2 is 2.28 bits per heavy atom. The third kappa shape index (κ3) is 1.75. The maximum Gasteiger partial charge on any atom is 0.201 e. The van der Waals surface area contributed by atoms with Gasteiger partial charge in [-0.3, -0.25) is 0 Å². The van der Waals surface area contributed by atoms with E-state index in [1.165, 1.54) is 12.1 Å². The number of anilines is 1. The summed E-state index contributed by atoms with van der Waals surface area (Å²) in [5.74, 6) is 0.172. The first-order valence-electron chi connectivity index (χ1n) is 6.15. The van der Waals surface area contributed by atoms with Crippen molar-refractivity contribution in [1.82, 2.24) is 9.55 Å². The van der Waals surface area contributed by atoms with Gasteiger partial charge in [0.05, 0.1) is 17.1 Å². The molecule has 3 rings (SSSR count). The number of hydrogen-bond donors (Lipinski definition) is 1. The van der Waals surface area contributed by atoms with E-state index in [0.717, 1.165) is 24.8 Å². The summed E-state index contributed by atoms with van der Waals surface area (Å²) < 4.78 is 20.5. The van der Waals surface area contributed by atoms with E-state index in [9.17, 15) is 4.39 Å². The van der Waals surface area contributed by atoms with E-state index < -0.39 is 0 Å². The smallest absolute Gasteiger partial charge is 0.201 e. The molecule has 1 aromatic heterocycles. The topological polar surface area (TPSA) is 53.1 Å². The molecule has 4 nitrogen and oxygen atoms in total. The molecule has 1 aromatic carbocycles. The van der Waals surface area contributed by atoms with Crippen LogP contribution in [0.15, 0.2) is 18.2 Å². The lowest BCUT2D eigenvalue weighted by Gasteiger charge is -2.15. The van der Waals surface area contributed by atoms with Gasteiger partial charge in [0.15, 0.2) is 0 Å². The van der Waals surface area contributed by atoms with Crippen molar-refractivity contribution in [2.24, 2.45) is 0 Å². The van der Waals surface area contributed by atoms with E-state index >= 15 is 0 Å². The Labute approximate surface area is 105 Å². The van der Waals surface area contributed by atoms with Gasteiger partial charge in [-0.25, -0.2) is 9.37 Å². The first kappa shape index (κ1) is 11.5. The highest BCUT2D eigenvalue weighted by atomic mass is 19.1. The molecule has 5 heteroatoms. The van der Waals surface area contributed by atoms with Gasteiger partial charge in [0.25, 0.3) is 0 Å². The van der Waals surface area contributed by atoms with Crippen LogP contribution < -0.4 is 5.73 Å². The van der Waals surface area contributed by atoms with Crippen molar-refractivity contribution < 1.29 is 9.13 Å². The molecular formula is C13H16FN3O. The molecular weight excluding hydrogens is 233 g/mol. The molecule has 2 N–H and O–H groups in total. The lowest BCUT2D eigenvalue weighted by atomic mass is 10.2. The van der Waals surface area contributed by atoms with Crippen LogP contribution in [0.1, 0.15) is 25.3 Å². The van der Waals surface area contributed by atoms with E-state index in [1.807, 2.05) is 4.57 Å². The van der Waals surface area contributed by atoms with Gasteiger partial charge in [-0.15, -0.1) is 0 Å². The molecule has 0 aliphatic heterocycles. The fourth-order valence-corrected chi connectivity index (χ4v) is 2.84. The highest BCUT2D eigenvalue weighted by Gasteiger charge is 2.28. The summed E-state index contributed by atoms with van der Waals surface area (Å²) in [6.45, 7) is 0. The van der Waals surface area contributed by atoms with E-state index in [-0.39, 0.29) is 11.9 Å². The fourth-order valence-electron chi connectivity index (χ4n) is 2.84. The maximum absolute atomic E-state index is 13.2. The highest BCUT2D eigenvalue weighted by Crippen LogP contribution is 2.35. The van der Waals surface area contributed by atoms with Crippen LogP contribution in [0.5, 0.6) is 0 Å². The molecule has 2 atom stereocenters. The standard InChI is InChI=1S/C13H16FN3O/c1-18-10-4-3-9(7-10)17-12-5-2-8(14)6-11(12)16-13(17)15/h2,5-6,9-10H,3-4,7H2,1H3,(H2,15,16). The monoisotopic (exact) mass is 249 g/mol. The van der Waals surface area contributed by atoms with Crippen LogP contribution in [-0.2, 0) is 4.74 Å². The number of fused-ring (bicyclic) bond motifs is 1. The van der Waals surface area contributed by atoms with Gasteiger partial charge < -0.3 is 15.0 Å². The molecule has 1 aliphatic rings. The highest BCUT2D eigenvalue weighted by molar-refractivity contribution is 5.78. The summed E-state index contributed by atoms with van der Waals surface area (Å²) in [6, 6.07) is 4.91. The van der Waals surface area contributed by atoms with Crippen molar-refractivity contribution in [3.05, 3.63) is 24.0 Å². The minimum Gasteiger partial charge on any atom is -0.381 e. The number of nitrogens with zero attached hydrogens (tertiary/aromatic N) is 2. The van der Waals surface area contributed by atoms with Crippen molar-refractivity contribution in [3.63, 3.8) is 0 Å². The quantitative estimate of drug-likeness (QED) is 0.889. The molecule has 0 amide bonds. The summed E-state index contributed by atoms with van der Waals surface area (Å²) in [6.07, 6.45) is 3.27. The van der Waals surface area contributed by atoms with E-state index in [0.29, 0.717) is 17.5 Å². The minimum atomic E-state index is -0.284. The van der Waals surface area contributed by atoms with Crippen LogP contribution in [0.25, 0.3) is 11.0 Å². The zero-order valence-electron chi connectivity index (χ0n) is 10.3. The van der Waals surface area contributed by atoms with Gasteiger partial charge in [-0.05, 0) is 31.4 Å². The molecule has 2 unspecified atom stereocenters. The van der Waals surface area contributed by atoms with Crippen LogP contribution in [0, 0.1) is 5.82 Å². The van der Waals surface area contributed by atoms with Crippen LogP contribution in [0.4, 0.5) is 10.3 Å². The summed E-state index contributed by atoms with van der Waals surface area (Å²) in [5, 5.41) is 0. The molecule has 0 radical (unpaired) electrons. The van der Waals surface area contributed by atoms with Gasteiger partial charge in [-0.1, -0.05) is 0 Å². The summed E-state index contributed by atoms with van der Waals surface area (Å²) in [4.78, 5) is 4.23. The Morgan fingerprint density at radius 1 is 1.44 bits per heavy atom. The first-order valence-corrected chi connectivity index (χ1v) is 6.15. The van der Waals surface area contributed by atoms with E-state index in [4.69, 9.17) is 10.5 Å². The van der Waals surface area contributed by atoms with Crippen LogP contribution in [-0.4, -0.2) is 22.8 Å². The lowest BCUT2D eigenvalue weighted by Crippen LogP contribution is -2.11. The second-order valence-electron chi connectivity index (χ2n) is 4.80. The first-order chi connectivity index (χ1) is 8.69. The second-order valence-corrected chi connectivity index (χ2v) is 4.80. The van der Waals surface area contributed by atoms with Gasteiger partial charge in [0.2, 0.25) is 5.95 Å². The average molecular weight is 249 g/mol. The third-order valence-corrected chi connectivity index (χ3v) is 3.73. The van der Waals surface area contributed by atoms with Gasteiger partial charge >= 0.3 is 0 Å². The van der Waals surface area contributed by atoms with Gasteiger partial charge in [-0.2, -0.15) is 0 Å². The Hall–Kier alpha value is -1.62. The van der Waals surface area contributed by atoms with Gasteiger partial charge in [0.1, 0.15) is 5.82 Å². The molecule has 1 fully saturated rings. The molecule has 1 saturated carbocycles. The van der Waals surface area contributed by atoms with E-state index in [2.05, 4.69) is 4.98 Å². The molecule has 2 aromatic rings. The second kappa shape index (κ2) is 4.24. The normalized spacial score (nSPS) is 23.9. The summed E-state index contributed by atoms with van der Waals surface area (Å²) in [5.41, 5.74) is 7.48. The Morgan fingerprint density at radius 3 is 3.00 bits per heavy atom. The molecule has 1 heterocycles. The number of aromatic nitrogens is 2. The Bertz CT molecular complexity index is 581. The molecule has 1 aliphatic carbocycles.